The molecule has 0 spiro atoms. The number of hydrogen-bond acceptors (Lipinski definition) is 1. The van der Waals surface area contributed by atoms with E-state index in [-0.39, 0.29) is 18.6 Å². The van der Waals surface area contributed by atoms with Crippen LogP contribution in [0.3, 0.4) is 0 Å². The van der Waals surface area contributed by atoms with E-state index >= 15 is 0 Å². The molecule has 0 aliphatic heterocycles. The standard InChI is InChI=1S/C5H11ClO.V/c1-2-3-4-5-7-6;/h2-5H2,1H3;. The van der Waals surface area contributed by atoms with Gasteiger partial charge in [-0.1, -0.05) is 19.8 Å². The van der Waals surface area contributed by atoms with Crippen molar-refractivity contribution in [3.63, 3.8) is 0 Å². The average Bonchev–Trinajstić information content (AvgIpc) is 1.69. The van der Waals surface area contributed by atoms with Gasteiger partial charge in [0.05, 0.1) is 18.5 Å². The maximum Gasteiger partial charge on any atom is 0.0682 e. The van der Waals surface area contributed by atoms with Crippen molar-refractivity contribution in [3.05, 3.63) is 0 Å². The van der Waals surface area contributed by atoms with E-state index < -0.39 is 0 Å². The SMILES string of the molecule is CCCCCOCl.[V]. The second-order valence-corrected chi connectivity index (χ2v) is 1.74. The first kappa shape index (κ1) is 11.6. The summed E-state index contributed by atoms with van der Waals surface area (Å²) in [6.45, 7) is 2.84. The van der Waals surface area contributed by atoms with E-state index in [9.17, 15) is 0 Å². The summed E-state index contributed by atoms with van der Waals surface area (Å²) >= 11 is 4.94. The molecular weight excluding hydrogens is 162 g/mol. The summed E-state index contributed by atoms with van der Waals surface area (Å²) < 4.78 is 4.32. The van der Waals surface area contributed by atoms with Gasteiger partial charge in [-0.3, -0.25) is 4.29 Å². The van der Waals surface area contributed by atoms with Crippen LogP contribution < -0.4 is 0 Å². The summed E-state index contributed by atoms with van der Waals surface area (Å²) in [5.74, 6) is 0. The average molecular weight is 174 g/mol. The fourth-order valence-corrected chi connectivity index (χ4v) is 0.516. The van der Waals surface area contributed by atoms with Gasteiger partial charge in [0.15, 0.2) is 0 Å². The molecule has 3 heteroatoms. The van der Waals surface area contributed by atoms with E-state index in [0.717, 1.165) is 6.42 Å². The van der Waals surface area contributed by atoms with Crippen molar-refractivity contribution in [1.82, 2.24) is 0 Å². The zero-order chi connectivity index (χ0) is 5.54. The fraction of sp³-hybridized carbons (Fsp3) is 1.00. The van der Waals surface area contributed by atoms with Gasteiger partial charge in [-0.05, 0) is 6.42 Å². The van der Waals surface area contributed by atoms with Crippen LogP contribution in [-0.2, 0) is 22.8 Å². The molecule has 0 fully saturated rings. The molecule has 0 amide bonds. The molecule has 0 saturated carbocycles. The quantitative estimate of drug-likeness (QED) is 0.593. The number of hydrogen-bond donors (Lipinski definition) is 0. The molecule has 0 saturated heterocycles. The van der Waals surface area contributed by atoms with Crippen LogP contribution in [0.15, 0.2) is 0 Å². The maximum atomic E-state index is 4.94. The van der Waals surface area contributed by atoms with E-state index in [2.05, 4.69) is 11.2 Å². The molecule has 1 nitrogen and oxygen atoms in total. The Kier molecular flexibility index (Phi) is 15.6. The van der Waals surface area contributed by atoms with Gasteiger partial charge in [0.25, 0.3) is 0 Å². The van der Waals surface area contributed by atoms with Crippen LogP contribution in [0, 0.1) is 0 Å². The van der Waals surface area contributed by atoms with E-state index in [1.807, 2.05) is 0 Å². The zero-order valence-corrected chi connectivity index (χ0v) is 7.21. The molecule has 8 heavy (non-hydrogen) atoms. The molecule has 1 radical (unpaired) electrons. The van der Waals surface area contributed by atoms with Crippen molar-refractivity contribution in [1.29, 1.82) is 0 Å². The summed E-state index contributed by atoms with van der Waals surface area (Å²) in [5.41, 5.74) is 0. The number of unbranched alkanes of at least 4 members (excludes halogenated alkanes) is 2. The van der Waals surface area contributed by atoms with Crippen LogP contribution >= 0.6 is 11.9 Å². The Hall–Kier alpha value is 0.834. The van der Waals surface area contributed by atoms with Crippen LogP contribution in [0.25, 0.3) is 0 Å². The Labute approximate surface area is 67.8 Å². The smallest absolute Gasteiger partial charge is 0.0682 e. The topological polar surface area (TPSA) is 9.23 Å². The summed E-state index contributed by atoms with van der Waals surface area (Å²) in [4.78, 5) is 0. The van der Waals surface area contributed by atoms with Crippen LogP contribution in [-0.4, -0.2) is 6.61 Å². The van der Waals surface area contributed by atoms with Gasteiger partial charge in [0.1, 0.15) is 0 Å². The monoisotopic (exact) mass is 173 g/mol. The van der Waals surface area contributed by atoms with Crippen LogP contribution in [0.5, 0.6) is 0 Å². The fourth-order valence-electron chi connectivity index (χ4n) is 0.407. The molecule has 0 rings (SSSR count). The Balaban J connectivity index is 0. The first-order valence-corrected chi connectivity index (χ1v) is 2.96. The Morgan fingerprint density at radius 2 is 2.00 bits per heavy atom. The second-order valence-electron chi connectivity index (χ2n) is 1.52. The molecule has 0 bridgehead atoms. The number of halogens is 1. The minimum absolute atomic E-state index is 0. The van der Waals surface area contributed by atoms with Crippen molar-refractivity contribution in [2.75, 3.05) is 6.61 Å². The Bertz CT molecular complexity index is 31.6. The van der Waals surface area contributed by atoms with Crippen LogP contribution in [0.4, 0.5) is 0 Å². The van der Waals surface area contributed by atoms with Gasteiger partial charge in [0.2, 0.25) is 0 Å². The van der Waals surface area contributed by atoms with Crippen molar-refractivity contribution in [2.24, 2.45) is 0 Å². The molecule has 0 atom stereocenters. The first-order chi connectivity index (χ1) is 3.41. The molecule has 0 aromatic heterocycles. The third-order valence-corrected chi connectivity index (χ3v) is 0.979. The van der Waals surface area contributed by atoms with Crippen molar-refractivity contribution >= 4 is 11.9 Å². The second kappa shape index (κ2) is 10.8. The molecule has 0 aromatic rings. The van der Waals surface area contributed by atoms with Gasteiger partial charge in [-0.25, -0.2) is 0 Å². The minimum atomic E-state index is 0. The predicted octanol–water partition coefficient (Wildman–Crippen LogP) is 2.34. The molecule has 0 heterocycles. The van der Waals surface area contributed by atoms with E-state index in [0.29, 0.717) is 6.61 Å². The third-order valence-electron chi connectivity index (χ3n) is 0.825. The minimum Gasteiger partial charge on any atom is -0.279 e. The summed E-state index contributed by atoms with van der Waals surface area (Å²) in [6, 6.07) is 0. The maximum absolute atomic E-state index is 4.94. The first-order valence-electron chi connectivity index (χ1n) is 2.65. The molecule has 0 aliphatic carbocycles. The summed E-state index contributed by atoms with van der Waals surface area (Å²) in [7, 11) is 0. The summed E-state index contributed by atoms with van der Waals surface area (Å²) in [6.07, 6.45) is 3.52. The van der Waals surface area contributed by atoms with Crippen LogP contribution in [0.2, 0.25) is 0 Å². The summed E-state index contributed by atoms with van der Waals surface area (Å²) in [5, 5.41) is 0. The molecule has 49 valence electrons. The Morgan fingerprint density at radius 3 is 2.38 bits per heavy atom. The van der Waals surface area contributed by atoms with Crippen molar-refractivity contribution in [3.8, 4) is 0 Å². The van der Waals surface area contributed by atoms with Crippen molar-refractivity contribution < 1.29 is 22.8 Å². The normalized spacial score (nSPS) is 8.25. The number of rotatable bonds is 4. The van der Waals surface area contributed by atoms with Crippen LogP contribution in [0.1, 0.15) is 26.2 Å². The third kappa shape index (κ3) is 9.95. The molecule has 0 N–H and O–H groups in total. The predicted molar refractivity (Wildman–Crippen MR) is 31.3 cm³/mol. The van der Waals surface area contributed by atoms with E-state index in [1.54, 1.807) is 0 Å². The molecule has 0 aliphatic rings. The molecule has 0 aromatic carbocycles. The van der Waals surface area contributed by atoms with Gasteiger partial charge in [-0.15, -0.1) is 0 Å². The zero-order valence-electron chi connectivity index (χ0n) is 5.06. The van der Waals surface area contributed by atoms with Crippen molar-refractivity contribution in [2.45, 2.75) is 26.2 Å². The largest absolute Gasteiger partial charge is 0.279 e. The van der Waals surface area contributed by atoms with E-state index in [1.165, 1.54) is 12.8 Å². The van der Waals surface area contributed by atoms with Gasteiger partial charge in [-0.2, -0.15) is 0 Å². The van der Waals surface area contributed by atoms with Gasteiger partial charge in [0, 0.05) is 18.6 Å². The Morgan fingerprint density at radius 1 is 1.38 bits per heavy atom. The van der Waals surface area contributed by atoms with Gasteiger partial charge < -0.3 is 0 Å². The van der Waals surface area contributed by atoms with Gasteiger partial charge >= 0.3 is 0 Å². The molecular formula is C5H11ClOV. The van der Waals surface area contributed by atoms with E-state index in [4.69, 9.17) is 11.9 Å². The molecule has 0 unspecified atom stereocenters.